The highest BCUT2D eigenvalue weighted by atomic mass is 16.6. The molecule has 7 nitrogen and oxygen atoms in total. The highest BCUT2D eigenvalue weighted by molar-refractivity contribution is 5.75. The molecule has 0 aromatic rings. The number of rotatable bonds is 1. The van der Waals surface area contributed by atoms with Crippen LogP contribution in [0.4, 0.5) is 0 Å². The third kappa shape index (κ3) is 2.81. The third-order valence-corrected chi connectivity index (χ3v) is 2.93. The van der Waals surface area contributed by atoms with E-state index >= 15 is 0 Å². The number of hydrogen-bond acceptors (Lipinski definition) is 7. The van der Waals surface area contributed by atoms with Crippen LogP contribution >= 0.6 is 0 Å². The van der Waals surface area contributed by atoms with Crippen LogP contribution in [0.2, 0.25) is 0 Å². The SMILES string of the molecule is CC(C)(C)C(=O)OC1[C@H](O)[C@H](O)C(O)[C@H](O)[C@H]1O. The highest BCUT2D eigenvalue weighted by Crippen LogP contribution is 2.26. The van der Waals surface area contributed by atoms with Gasteiger partial charge < -0.3 is 30.3 Å². The molecule has 1 aliphatic rings. The zero-order chi connectivity index (χ0) is 14.2. The molecule has 0 aromatic carbocycles. The van der Waals surface area contributed by atoms with Crippen LogP contribution in [0, 0.1) is 5.41 Å². The average Bonchev–Trinajstić information content (AvgIpc) is 2.28. The summed E-state index contributed by atoms with van der Waals surface area (Å²) in [5.41, 5.74) is -0.856. The fourth-order valence-corrected chi connectivity index (χ4v) is 1.64. The first-order valence-corrected chi connectivity index (χ1v) is 5.68. The third-order valence-electron chi connectivity index (χ3n) is 2.93. The first kappa shape index (κ1) is 15.3. The molecule has 0 radical (unpaired) electrons. The molecule has 1 rings (SSSR count). The lowest BCUT2D eigenvalue weighted by Crippen LogP contribution is -2.64. The molecule has 0 amide bonds. The molecule has 0 aliphatic heterocycles. The molecule has 0 spiro atoms. The molecule has 1 aliphatic carbocycles. The summed E-state index contributed by atoms with van der Waals surface area (Å²) in [5, 5.41) is 47.6. The molecule has 5 N–H and O–H groups in total. The average molecular weight is 264 g/mol. The molecular weight excluding hydrogens is 244 g/mol. The van der Waals surface area contributed by atoms with Gasteiger partial charge in [-0.15, -0.1) is 0 Å². The van der Waals surface area contributed by atoms with Gasteiger partial charge in [-0.1, -0.05) is 0 Å². The molecule has 106 valence electrons. The predicted molar refractivity (Wildman–Crippen MR) is 59.4 cm³/mol. The zero-order valence-corrected chi connectivity index (χ0v) is 10.5. The van der Waals surface area contributed by atoms with E-state index in [9.17, 15) is 30.3 Å². The normalized spacial score (nSPS) is 41.6. The van der Waals surface area contributed by atoms with Crippen LogP contribution in [-0.2, 0) is 9.53 Å². The molecule has 18 heavy (non-hydrogen) atoms. The van der Waals surface area contributed by atoms with Crippen molar-refractivity contribution >= 4 is 5.97 Å². The summed E-state index contributed by atoms with van der Waals surface area (Å²) < 4.78 is 4.90. The van der Waals surface area contributed by atoms with Crippen LogP contribution in [0.15, 0.2) is 0 Å². The summed E-state index contributed by atoms with van der Waals surface area (Å²) in [7, 11) is 0. The molecule has 1 saturated carbocycles. The summed E-state index contributed by atoms with van der Waals surface area (Å²) in [6.45, 7) is 4.75. The van der Waals surface area contributed by atoms with Gasteiger partial charge in [0.15, 0.2) is 6.10 Å². The van der Waals surface area contributed by atoms with Crippen LogP contribution in [-0.4, -0.2) is 68.1 Å². The van der Waals surface area contributed by atoms with Gasteiger partial charge in [0, 0.05) is 0 Å². The number of carbonyl (C=O) groups is 1. The number of aliphatic hydroxyl groups is 5. The molecule has 6 atom stereocenters. The lowest BCUT2D eigenvalue weighted by atomic mass is 9.84. The van der Waals surface area contributed by atoms with E-state index in [1.165, 1.54) is 0 Å². The van der Waals surface area contributed by atoms with Gasteiger partial charge >= 0.3 is 5.97 Å². The standard InChI is InChI=1S/C11H20O7/c1-11(2,3)10(17)18-9-7(15)5(13)4(12)6(14)8(9)16/h4-9,12-16H,1-3H3/t4?,5-,6+,7-,8-,9?/m1/s1. The maximum atomic E-state index is 11.6. The Hall–Kier alpha value is -0.730. The van der Waals surface area contributed by atoms with Gasteiger partial charge in [-0.25, -0.2) is 0 Å². The van der Waals surface area contributed by atoms with Gasteiger partial charge in [-0.2, -0.15) is 0 Å². The first-order chi connectivity index (χ1) is 8.07. The van der Waals surface area contributed by atoms with Gasteiger partial charge in [0.2, 0.25) is 0 Å². The van der Waals surface area contributed by atoms with Crippen molar-refractivity contribution in [3.05, 3.63) is 0 Å². The Morgan fingerprint density at radius 1 is 0.833 bits per heavy atom. The summed E-state index contributed by atoms with van der Waals surface area (Å²) in [6.07, 6.45) is -9.89. The Balaban J connectivity index is 2.84. The Morgan fingerprint density at radius 3 is 1.50 bits per heavy atom. The Labute approximate surface area is 105 Å². The molecule has 7 heteroatoms. The summed E-state index contributed by atoms with van der Waals surface area (Å²) in [4.78, 5) is 11.6. The van der Waals surface area contributed by atoms with E-state index in [1.54, 1.807) is 20.8 Å². The largest absolute Gasteiger partial charge is 0.456 e. The topological polar surface area (TPSA) is 127 Å². The van der Waals surface area contributed by atoms with Crippen LogP contribution < -0.4 is 0 Å². The molecular formula is C11H20O7. The molecule has 0 heterocycles. The van der Waals surface area contributed by atoms with Crippen LogP contribution in [0.5, 0.6) is 0 Å². The van der Waals surface area contributed by atoms with E-state index in [2.05, 4.69) is 0 Å². The van der Waals surface area contributed by atoms with Crippen molar-refractivity contribution in [3.8, 4) is 0 Å². The lowest BCUT2D eigenvalue weighted by molar-refractivity contribution is -0.236. The van der Waals surface area contributed by atoms with Crippen molar-refractivity contribution in [2.24, 2.45) is 5.41 Å². The van der Waals surface area contributed by atoms with Crippen molar-refractivity contribution in [1.29, 1.82) is 0 Å². The van der Waals surface area contributed by atoms with Crippen LogP contribution in [0.25, 0.3) is 0 Å². The summed E-state index contributed by atoms with van der Waals surface area (Å²) >= 11 is 0. The minimum Gasteiger partial charge on any atom is -0.456 e. The number of aliphatic hydroxyl groups excluding tert-OH is 5. The minimum atomic E-state index is -1.69. The van der Waals surface area contributed by atoms with E-state index in [0.29, 0.717) is 0 Å². The van der Waals surface area contributed by atoms with Gasteiger partial charge in [0.05, 0.1) is 5.41 Å². The van der Waals surface area contributed by atoms with Gasteiger partial charge in [0.25, 0.3) is 0 Å². The monoisotopic (exact) mass is 264 g/mol. The van der Waals surface area contributed by atoms with E-state index in [1.807, 2.05) is 0 Å². The van der Waals surface area contributed by atoms with Crippen molar-refractivity contribution in [2.75, 3.05) is 0 Å². The summed E-state index contributed by atoms with van der Waals surface area (Å²) in [6, 6.07) is 0. The van der Waals surface area contributed by atoms with Crippen LogP contribution in [0.3, 0.4) is 0 Å². The molecule has 2 unspecified atom stereocenters. The number of hydrogen-bond donors (Lipinski definition) is 5. The van der Waals surface area contributed by atoms with Crippen molar-refractivity contribution in [3.63, 3.8) is 0 Å². The predicted octanol–water partition coefficient (Wildman–Crippen LogP) is -2.24. The quantitative estimate of drug-likeness (QED) is 0.339. The highest BCUT2D eigenvalue weighted by Gasteiger charge is 2.50. The summed E-state index contributed by atoms with van der Waals surface area (Å²) in [5.74, 6) is -0.693. The first-order valence-electron chi connectivity index (χ1n) is 5.68. The molecule has 1 fully saturated rings. The van der Waals surface area contributed by atoms with E-state index in [0.717, 1.165) is 0 Å². The van der Waals surface area contributed by atoms with Crippen LogP contribution in [0.1, 0.15) is 20.8 Å². The Bertz CT molecular complexity index is 295. The lowest BCUT2D eigenvalue weighted by Gasteiger charge is -2.41. The maximum Gasteiger partial charge on any atom is 0.311 e. The molecule has 0 aromatic heterocycles. The zero-order valence-electron chi connectivity index (χ0n) is 10.5. The number of ether oxygens (including phenoxy) is 1. The second-order valence-electron chi connectivity index (χ2n) is 5.57. The van der Waals surface area contributed by atoms with Gasteiger partial charge in [-0.05, 0) is 20.8 Å². The maximum absolute atomic E-state index is 11.6. The van der Waals surface area contributed by atoms with Crippen molar-refractivity contribution in [2.45, 2.75) is 57.4 Å². The fourth-order valence-electron chi connectivity index (χ4n) is 1.64. The van der Waals surface area contributed by atoms with Gasteiger partial charge in [0.1, 0.15) is 30.5 Å². The smallest absolute Gasteiger partial charge is 0.311 e. The Morgan fingerprint density at radius 2 is 1.17 bits per heavy atom. The number of esters is 1. The second-order valence-corrected chi connectivity index (χ2v) is 5.57. The second kappa shape index (κ2) is 5.10. The van der Waals surface area contributed by atoms with E-state index in [4.69, 9.17) is 4.74 Å². The van der Waals surface area contributed by atoms with Gasteiger partial charge in [-0.3, -0.25) is 4.79 Å². The fraction of sp³-hybridized carbons (Fsp3) is 0.909. The molecule has 0 saturated heterocycles. The molecule has 0 bridgehead atoms. The Kier molecular flexibility index (Phi) is 4.34. The van der Waals surface area contributed by atoms with Crippen molar-refractivity contribution < 1.29 is 35.1 Å². The van der Waals surface area contributed by atoms with Crippen molar-refractivity contribution in [1.82, 2.24) is 0 Å². The number of carbonyl (C=O) groups excluding carboxylic acids is 1. The van der Waals surface area contributed by atoms with E-state index in [-0.39, 0.29) is 0 Å². The van der Waals surface area contributed by atoms with E-state index < -0.39 is 48.0 Å². The minimum absolute atomic E-state index is 0.693.